The molecule has 0 spiro atoms. The van der Waals surface area contributed by atoms with Crippen LogP contribution in [-0.2, 0) is 4.74 Å². The average molecular weight is 391 g/mol. The van der Waals surface area contributed by atoms with Crippen LogP contribution < -0.4 is 5.32 Å². The Hall–Kier alpha value is -0.390. The van der Waals surface area contributed by atoms with Crippen molar-refractivity contribution in [3.63, 3.8) is 0 Å². The highest BCUT2D eigenvalue weighted by atomic mass is 79.9. The molecule has 0 radical (unpaired) electrons. The van der Waals surface area contributed by atoms with Crippen LogP contribution in [0.2, 0.25) is 0 Å². The van der Waals surface area contributed by atoms with Gasteiger partial charge in [0.05, 0.1) is 6.10 Å². The van der Waals surface area contributed by atoms with Gasteiger partial charge in [-0.15, -0.1) is 0 Å². The van der Waals surface area contributed by atoms with Gasteiger partial charge in [0.15, 0.2) is 0 Å². The third-order valence-corrected chi connectivity index (χ3v) is 4.31. The lowest BCUT2D eigenvalue weighted by molar-refractivity contribution is 0.0827. The number of nitrogens with one attached hydrogen (secondary N) is 1. The number of carbonyl (C=O) groups is 1. The van der Waals surface area contributed by atoms with Crippen molar-refractivity contribution in [3.8, 4) is 0 Å². The third kappa shape index (κ3) is 4.04. The summed E-state index contributed by atoms with van der Waals surface area (Å²) in [6.45, 7) is 3.61. The van der Waals surface area contributed by atoms with Gasteiger partial charge in [-0.25, -0.2) is 0 Å². The molecule has 1 fully saturated rings. The number of rotatable bonds is 4. The van der Waals surface area contributed by atoms with Gasteiger partial charge in [-0.1, -0.05) is 38.8 Å². The third-order valence-electron chi connectivity index (χ3n) is 3.40. The largest absolute Gasteiger partial charge is 0.378 e. The Morgan fingerprint density at radius 3 is 2.68 bits per heavy atom. The molecule has 5 heteroatoms. The molecule has 3 nitrogen and oxygen atoms in total. The monoisotopic (exact) mass is 389 g/mol. The van der Waals surface area contributed by atoms with Gasteiger partial charge in [0, 0.05) is 33.6 Å². The van der Waals surface area contributed by atoms with E-state index in [1.165, 1.54) is 0 Å². The minimum atomic E-state index is -0.0382. The Labute approximate surface area is 130 Å². The molecule has 1 aliphatic rings. The molecule has 2 rings (SSSR count). The van der Waals surface area contributed by atoms with Crippen molar-refractivity contribution in [3.05, 3.63) is 32.7 Å². The Morgan fingerprint density at radius 2 is 2.05 bits per heavy atom. The molecule has 1 N–H and O–H groups in total. The van der Waals surface area contributed by atoms with E-state index in [-0.39, 0.29) is 12.0 Å². The van der Waals surface area contributed by atoms with E-state index in [1.54, 1.807) is 0 Å². The van der Waals surface area contributed by atoms with Crippen molar-refractivity contribution in [1.82, 2.24) is 5.32 Å². The number of amides is 1. The maximum Gasteiger partial charge on any atom is 0.251 e. The highest BCUT2D eigenvalue weighted by Gasteiger charge is 2.26. The number of halogens is 2. The predicted octanol–water partition coefficient (Wildman–Crippen LogP) is 3.76. The maximum atomic E-state index is 12.1. The van der Waals surface area contributed by atoms with Crippen LogP contribution in [-0.4, -0.2) is 25.2 Å². The summed E-state index contributed by atoms with van der Waals surface area (Å²) in [6, 6.07) is 5.56. The first-order chi connectivity index (χ1) is 9.10. The van der Waals surface area contributed by atoms with Crippen LogP contribution in [0.3, 0.4) is 0 Å². The maximum absolute atomic E-state index is 12.1. The van der Waals surface area contributed by atoms with Gasteiger partial charge in [0.1, 0.15) is 0 Å². The molecule has 0 bridgehead atoms. The van der Waals surface area contributed by atoms with Gasteiger partial charge in [0.25, 0.3) is 5.91 Å². The SMILES string of the molecule is CCC1OCCC1CNC(=O)c1cc(Br)cc(Br)c1. The van der Waals surface area contributed by atoms with Crippen molar-refractivity contribution in [2.45, 2.75) is 25.9 Å². The highest BCUT2D eigenvalue weighted by Crippen LogP contribution is 2.23. The van der Waals surface area contributed by atoms with Crippen LogP contribution in [0.15, 0.2) is 27.1 Å². The normalized spacial score (nSPS) is 22.5. The number of hydrogen-bond acceptors (Lipinski definition) is 2. The zero-order valence-corrected chi connectivity index (χ0v) is 14.0. The first-order valence-electron chi connectivity index (χ1n) is 6.46. The molecule has 2 unspecified atom stereocenters. The summed E-state index contributed by atoms with van der Waals surface area (Å²) < 4.78 is 7.41. The fourth-order valence-electron chi connectivity index (χ4n) is 2.39. The Bertz CT molecular complexity index is 445. The topological polar surface area (TPSA) is 38.3 Å². The van der Waals surface area contributed by atoms with E-state index in [0.29, 0.717) is 18.0 Å². The summed E-state index contributed by atoms with van der Waals surface area (Å²) in [6.07, 6.45) is 2.32. The molecule has 1 aromatic carbocycles. The van der Waals surface area contributed by atoms with E-state index in [9.17, 15) is 4.79 Å². The van der Waals surface area contributed by atoms with E-state index in [4.69, 9.17) is 4.74 Å². The zero-order chi connectivity index (χ0) is 13.8. The van der Waals surface area contributed by atoms with E-state index < -0.39 is 0 Å². The number of carbonyl (C=O) groups excluding carboxylic acids is 1. The van der Waals surface area contributed by atoms with Crippen molar-refractivity contribution in [1.29, 1.82) is 0 Å². The lowest BCUT2D eigenvalue weighted by Crippen LogP contribution is -2.32. The summed E-state index contributed by atoms with van der Waals surface area (Å²) in [7, 11) is 0. The Kier molecular flexibility index (Phi) is 5.42. The highest BCUT2D eigenvalue weighted by molar-refractivity contribution is 9.11. The molecule has 1 aliphatic heterocycles. The molecule has 1 saturated heterocycles. The number of benzene rings is 1. The van der Waals surface area contributed by atoms with E-state index >= 15 is 0 Å². The lowest BCUT2D eigenvalue weighted by atomic mass is 9.99. The minimum absolute atomic E-state index is 0.0382. The molecule has 0 saturated carbocycles. The van der Waals surface area contributed by atoms with Crippen molar-refractivity contribution >= 4 is 37.8 Å². The zero-order valence-electron chi connectivity index (χ0n) is 10.8. The van der Waals surface area contributed by atoms with Gasteiger partial charge in [-0.3, -0.25) is 4.79 Å². The van der Waals surface area contributed by atoms with Crippen LogP contribution >= 0.6 is 31.9 Å². The summed E-state index contributed by atoms with van der Waals surface area (Å²) >= 11 is 6.78. The first-order valence-corrected chi connectivity index (χ1v) is 8.04. The van der Waals surface area contributed by atoms with Gasteiger partial charge in [-0.05, 0) is 31.0 Å². The molecule has 2 atom stereocenters. The molecular formula is C14H17Br2NO2. The Morgan fingerprint density at radius 1 is 1.37 bits per heavy atom. The van der Waals surface area contributed by atoms with Crippen LogP contribution in [0.5, 0.6) is 0 Å². The summed E-state index contributed by atoms with van der Waals surface area (Å²) in [5, 5.41) is 3.00. The average Bonchev–Trinajstić information content (AvgIpc) is 2.82. The van der Waals surface area contributed by atoms with E-state index in [2.05, 4.69) is 44.1 Å². The van der Waals surface area contributed by atoms with Gasteiger partial charge >= 0.3 is 0 Å². The second-order valence-electron chi connectivity index (χ2n) is 4.73. The van der Waals surface area contributed by atoms with Gasteiger partial charge < -0.3 is 10.1 Å². The first kappa shape index (κ1) is 15.0. The van der Waals surface area contributed by atoms with Crippen LogP contribution in [0.4, 0.5) is 0 Å². The van der Waals surface area contributed by atoms with Crippen LogP contribution in [0, 0.1) is 5.92 Å². The smallest absolute Gasteiger partial charge is 0.251 e. The second-order valence-corrected chi connectivity index (χ2v) is 6.57. The summed E-state index contributed by atoms with van der Waals surface area (Å²) in [4.78, 5) is 12.1. The molecule has 0 aromatic heterocycles. The minimum Gasteiger partial charge on any atom is -0.378 e. The molecule has 104 valence electrons. The number of hydrogen-bond donors (Lipinski definition) is 1. The standard InChI is InChI=1S/C14H17Br2NO2/c1-2-13-9(3-4-19-13)8-17-14(18)10-5-11(15)7-12(16)6-10/h5-7,9,13H,2-4,8H2,1H3,(H,17,18). The number of ether oxygens (including phenoxy) is 1. The fourth-order valence-corrected chi connectivity index (χ4v) is 3.68. The molecule has 19 heavy (non-hydrogen) atoms. The molecule has 1 aromatic rings. The summed E-state index contributed by atoms with van der Waals surface area (Å²) in [5.41, 5.74) is 0.660. The van der Waals surface area contributed by atoms with Crippen LogP contribution in [0.25, 0.3) is 0 Å². The van der Waals surface area contributed by atoms with Gasteiger partial charge in [-0.2, -0.15) is 0 Å². The molecule has 0 aliphatic carbocycles. The molecule has 1 heterocycles. The lowest BCUT2D eigenvalue weighted by Gasteiger charge is -2.17. The van der Waals surface area contributed by atoms with E-state index in [0.717, 1.165) is 28.4 Å². The van der Waals surface area contributed by atoms with Gasteiger partial charge in [0.2, 0.25) is 0 Å². The fraction of sp³-hybridized carbons (Fsp3) is 0.500. The van der Waals surface area contributed by atoms with Crippen LogP contribution in [0.1, 0.15) is 30.1 Å². The quantitative estimate of drug-likeness (QED) is 0.849. The van der Waals surface area contributed by atoms with E-state index in [1.807, 2.05) is 18.2 Å². The second kappa shape index (κ2) is 6.86. The predicted molar refractivity (Wildman–Crippen MR) is 82.3 cm³/mol. The summed E-state index contributed by atoms with van der Waals surface area (Å²) in [5.74, 6) is 0.397. The molecular weight excluding hydrogens is 374 g/mol. The van der Waals surface area contributed by atoms with Crippen molar-refractivity contribution in [2.24, 2.45) is 5.92 Å². The molecule has 1 amide bonds. The van der Waals surface area contributed by atoms with Crippen molar-refractivity contribution < 1.29 is 9.53 Å². The Balaban J connectivity index is 1.94. The van der Waals surface area contributed by atoms with Crippen molar-refractivity contribution in [2.75, 3.05) is 13.2 Å².